The van der Waals surface area contributed by atoms with Crippen LogP contribution in [0.4, 0.5) is 0 Å². The highest BCUT2D eigenvalue weighted by atomic mass is 16.2. The molecule has 1 aliphatic heterocycles. The second kappa shape index (κ2) is 7.70. The summed E-state index contributed by atoms with van der Waals surface area (Å²) in [5.74, 6) is 0.269. The predicted molar refractivity (Wildman–Crippen MR) is 102 cm³/mol. The molecule has 0 spiro atoms. The summed E-state index contributed by atoms with van der Waals surface area (Å²) in [4.78, 5) is 20.2. The van der Waals surface area contributed by atoms with E-state index in [9.17, 15) is 4.79 Å². The minimum absolute atomic E-state index is 0.269. The highest BCUT2D eigenvalue weighted by Crippen LogP contribution is 2.15. The number of hydrogen-bond acceptors (Lipinski definition) is 2. The van der Waals surface area contributed by atoms with Crippen molar-refractivity contribution in [2.75, 3.05) is 26.2 Å². The number of fused-ring (bicyclic) bond motifs is 1. The third kappa shape index (κ3) is 3.78. The predicted octanol–water partition coefficient (Wildman–Crippen LogP) is 1.35. The summed E-state index contributed by atoms with van der Waals surface area (Å²) < 4.78 is 2.18. The lowest BCUT2D eigenvalue weighted by atomic mass is 10.2. The van der Waals surface area contributed by atoms with Crippen LogP contribution in [0.3, 0.4) is 0 Å². The van der Waals surface area contributed by atoms with Crippen molar-refractivity contribution in [2.45, 2.75) is 19.5 Å². The molecule has 2 aromatic heterocycles. The molecule has 0 atom stereocenters. The first-order chi connectivity index (χ1) is 12.8. The molecule has 1 N–H and O–H groups in total. The molecule has 1 saturated heterocycles. The van der Waals surface area contributed by atoms with Crippen LogP contribution in [0.15, 0.2) is 61.1 Å². The molecule has 26 heavy (non-hydrogen) atoms. The van der Waals surface area contributed by atoms with Crippen LogP contribution in [0, 0.1) is 0 Å². The number of carbonyl (C=O) groups excluding carboxylic acids is 1. The van der Waals surface area contributed by atoms with Gasteiger partial charge in [-0.1, -0.05) is 18.2 Å². The minimum atomic E-state index is 0.269. The van der Waals surface area contributed by atoms with Gasteiger partial charge in [0, 0.05) is 42.6 Å². The highest BCUT2D eigenvalue weighted by Gasteiger charge is 2.23. The summed E-state index contributed by atoms with van der Waals surface area (Å²) in [6.45, 7) is 5.49. The quantitative estimate of drug-likeness (QED) is 0.756. The first-order valence-corrected chi connectivity index (χ1v) is 9.34. The smallest absolute Gasteiger partial charge is 0.224 e. The second-order valence-corrected chi connectivity index (χ2v) is 6.98. The number of quaternary nitrogens is 1. The van der Waals surface area contributed by atoms with Crippen molar-refractivity contribution >= 4 is 16.8 Å². The lowest BCUT2D eigenvalue weighted by Gasteiger charge is -2.32. The number of amides is 1. The van der Waals surface area contributed by atoms with Gasteiger partial charge in [-0.15, -0.1) is 0 Å². The molecule has 0 unspecified atom stereocenters. The number of nitrogens with zero attached hydrogens (tertiary/aromatic N) is 3. The van der Waals surface area contributed by atoms with Crippen molar-refractivity contribution < 1.29 is 9.69 Å². The molecule has 5 nitrogen and oxygen atoms in total. The number of para-hydroxylation sites is 1. The van der Waals surface area contributed by atoms with Gasteiger partial charge in [-0.2, -0.15) is 0 Å². The molecule has 0 bridgehead atoms. The Bertz CT molecular complexity index is 866. The van der Waals surface area contributed by atoms with Crippen LogP contribution in [0.2, 0.25) is 0 Å². The molecule has 4 rings (SSSR count). The molecule has 5 heteroatoms. The van der Waals surface area contributed by atoms with E-state index in [0.717, 1.165) is 39.3 Å². The van der Waals surface area contributed by atoms with Gasteiger partial charge >= 0.3 is 0 Å². The van der Waals surface area contributed by atoms with Crippen LogP contribution in [0.25, 0.3) is 10.9 Å². The van der Waals surface area contributed by atoms with E-state index in [1.54, 1.807) is 0 Å². The molecule has 0 aliphatic carbocycles. The first-order valence-electron chi connectivity index (χ1n) is 9.34. The summed E-state index contributed by atoms with van der Waals surface area (Å²) in [7, 11) is 0. The number of aryl methyl sites for hydroxylation is 1. The average molecular weight is 349 g/mol. The van der Waals surface area contributed by atoms with Gasteiger partial charge in [0.25, 0.3) is 0 Å². The van der Waals surface area contributed by atoms with E-state index in [1.165, 1.54) is 21.4 Å². The molecule has 0 radical (unpaired) electrons. The maximum Gasteiger partial charge on any atom is 0.224 e. The molecule has 1 aromatic carbocycles. The van der Waals surface area contributed by atoms with E-state index in [0.29, 0.717) is 6.42 Å². The standard InChI is InChI=1S/C21H24N4O/c26-21(8-12-24-11-7-19-3-1-2-4-20(19)24)25-15-13-23(14-16-25)17-18-5-9-22-10-6-18/h1-7,9-11H,8,12-17H2/p+1. The number of aromatic nitrogens is 2. The molecule has 1 aliphatic rings. The lowest BCUT2D eigenvalue weighted by Crippen LogP contribution is -3.13. The van der Waals surface area contributed by atoms with Crippen molar-refractivity contribution in [3.8, 4) is 0 Å². The molecule has 0 saturated carbocycles. The zero-order valence-corrected chi connectivity index (χ0v) is 15.0. The molecule has 1 amide bonds. The van der Waals surface area contributed by atoms with Gasteiger partial charge in [0.15, 0.2) is 0 Å². The fraction of sp³-hybridized carbons (Fsp3) is 0.333. The van der Waals surface area contributed by atoms with Crippen molar-refractivity contribution in [1.82, 2.24) is 14.5 Å². The molecular formula is C21H25N4O+. The Labute approximate surface area is 153 Å². The normalized spacial score (nSPS) is 15.5. The van der Waals surface area contributed by atoms with Crippen LogP contribution in [0.1, 0.15) is 12.0 Å². The number of nitrogens with one attached hydrogen (secondary N) is 1. The third-order valence-corrected chi connectivity index (χ3v) is 5.27. The van der Waals surface area contributed by atoms with E-state index in [2.05, 4.69) is 46.1 Å². The van der Waals surface area contributed by atoms with E-state index >= 15 is 0 Å². The SMILES string of the molecule is O=C(CCn1ccc2ccccc21)N1CC[NH+](Cc2ccncc2)CC1. The third-order valence-electron chi connectivity index (χ3n) is 5.27. The Morgan fingerprint density at radius 1 is 1.04 bits per heavy atom. The zero-order valence-electron chi connectivity index (χ0n) is 15.0. The van der Waals surface area contributed by atoms with Gasteiger partial charge in [0.1, 0.15) is 6.54 Å². The van der Waals surface area contributed by atoms with Gasteiger partial charge in [-0.3, -0.25) is 9.78 Å². The molecule has 3 heterocycles. The fourth-order valence-corrected chi connectivity index (χ4v) is 3.75. The van der Waals surface area contributed by atoms with Crippen LogP contribution in [0.5, 0.6) is 0 Å². The number of rotatable bonds is 5. The van der Waals surface area contributed by atoms with Gasteiger partial charge in [-0.05, 0) is 29.7 Å². The Morgan fingerprint density at radius 2 is 1.81 bits per heavy atom. The van der Waals surface area contributed by atoms with Crippen LogP contribution in [-0.4, -0.2) is 46.5 Å². The number of piperazine rings is 1. The topological polar surface area (TPSA) is 42.6 Å². The fourth-order valence-electron chi connectivity index (χ4n) is 3.75. The number of carbonyl (C=O) groups is 1. The van der Waals surface area contributed by atoms with Crippen LogP contribution < -0.4 is 4.90 Å². The largest absolute Gasteiger partial charge is 0.347 e. The zero-order chi connectivity index (χ0) is 17.8. The molecular weight excluding hydrogens is 324 g/mol. The van der Waals surface area contributed by atoms with Gasteiger partial charge in [0.05, 0.1) is 26.2 Å². The summed E-state index contributed by atoms with van der Waals surface area (Å²) in [6.07, 6.45) is 6.34. The maximum absolute atomic E-state index is 12.6. The molecule has 3 aromatic rings. The van der Waals surface area contributed by atoms with E-state index < -0.39 is 0 Å². The number of hydrogen-bond donors (Lipinski definition) is 1. The summed E-state index contributed by atoms with van der Waals surface area (Å²) in [5, 5.41) is 1.23. The van der Waals surface area contributed by atoms with E-state index in [1.807, 2.05) is 29.4 Å². The summed E-state index contributed by atoms with van der Waals surface area (Å²) >= 11 is 0. The lowest BCUT2D eigenvalue weighted by molar-refractivity contribution is -0.917. The average Bonchev–Trinajstić information content (AvgIpc) is 3.11. The van der Waals surface area contributed by atoms with Crippen molar-refractivity contribution in [1.29, 1.82) is 0 Å². The molecule has 1 fully saturated rings. The van der Waals surface area contributed by atoms with Crippen LogP contribution in [-0.2, 0) is 17.9 Å². The van der Waals surface area contributed by atoms with E-state index in [-0.39, 0.29) is 5.91 Å². The van der Waals surface area contributed by atoms with E-state index in [4.69, 9.17) is 0 Å². The number of pyridine rings is 1. The summed E-state index contributed by atoms with van der Waals surface area (Å²) in [6, 6.07) is 14.6. The van der Waals surface area contributed by atoms with Gasteiger partial charge in [-0.25, -0.2) is 0 Å². The monoisotopic (exact) mass is 349 g/mol. The van der Waals surface area contributed by atoms with Gasteiger partial charge in [0.2, 0.25) is 5.91 Å². The highest BCUT2D eigenvalue weighted by molar-refractivity contribution is 5.80. The van der Waals surface area contributed by atoms with Crippen molar-refractivity contribution in [2.24, 2.45) is 0 Å². The van der Waals surface area contributed by atoms with Gasteiger partial charge < -0.3 is 14.4 Å². The first kappa shape index (κ1) is 16.8. The van der Waals surface area contributed by atoms with Crippen molar-refractivity contribution in [3.05, 3.63) is 66.6 Å². The maximum atomic E-state index is 12.6. The Balaban J connectivity index is 1.27. The minimum Gasteiger partial charge on any atom is -0.347 e. The molecule has 134 valence electrons. The number of benzene rings is 1. The Hall–Kier alpha value is -2.66. The van der Waals surface area contributed by atoms with Crippen molar-refractivity contribution in [3.63, 3.8) is 0 Å². The second-order valence-electron chi connectivity index (χ2n) is 6.98. The Kier molecular flexibility index (Phi) is 4.97. The summed E-state index contributed by atoms with van der Waals surface area (Å²) in [5.41, 5.74) is 2.51. The van der Waals surface area contributed by atoms with Crippen LogP contribution >= 0.6 is 0 Å². The Morgan fingerprint density at radius 3 is 2.62 bits per heavy atom.